The molecule has 0 saturated heterocycles. The molecule has 110 valence electrons. The van der Waals surface area contributed by atoms with Gasteiger partial charge in [-0.3, -0.25) is 0 Å². The van der Waals surface area contributed by atoms with Crippen LogP contribution >= 0.6 is 24.8 Å². The second-order valence-electron chi connectivity index (χ2n) is 4.74. The predicted molar refractivity (Wildman–Crippen MR) is 88.7 cm³/mol. The van der Waals surface area contributed by atoms with Crippen molar-refractivity contribution in [2.24, 2.45) is 4.99 Å². The fraction of sp³-hybridized carbons (Fsp3) is 0.857. The second kappa shape index (κ2) is 15.7. The lowest BCUT2D eigenvalue weighted by atomic mass is 10.1. The smallest absolute Gasteiger partial charge is 0.234 e. The summed E-state index contributed by atoms with van der Waals surface area (Å²) in [5, 5.41) is 3.05. The van der Waals surface area contributed by atoms with Crippen LogP contribution in [0.1, 0.15) is 64.2 Å². The third kappa shape index (κ3) is 17.6. The first-order valence-corrected chi connectivity index (χ1v) is 8.13. The van der Waals surface area contributed by atoms with Gasteiger partial charge in [-0.25, -0.2) is 9.79 Å². The first kappa shape index (κ1) is 18.6. The third-order valence-corrected chi connectivity index (χ3v) is 3.34. The number of unbranched alkanes of at least 4 members (excludes halogenated alkanes) is 9. The summed E-state index contributed by atoms with van der Waals surface area (Å²) >= 11 is 8.83. The van der Waals surface area contributed by atoms with E-state index in [0.29, 0.717) is 10.9 Å². The molecule has 0 aliphatic carbocycles. The van der Waals surface area contributed by atoms with Gasteiger partial charge in [-0.15, -0.1) is 12.6 Å². The summed E-state index contributed by atoms with van der Waals surface area (Å²) in [6.45, 7) is 1.60. The van der Waals surface area contributed by atoms with E-state index in [4.69, 9.17) is 12.2 Å². The normalized spacial score (nSPS) is 9.95. The SMILES string of the molecule is O=C=NCCCCCCCCCCCCNC(=S)S. The van der Waals surface area contributed by atoms with Crippen molar-refractivity contribution in [3.63, 3.8) is 0 Å². The van der Waals surface area contributed by atoms with E-state index in [1.165, 1.54) is 57.8 Å². The molecular formula is C14H26N2OS2. The average Bonchev–Trinajstić information content (AvgIpc) is 2.39. The molecule has 0 unspecified atom stereocenters. The number of thiocarbonyl (C=S) groups is 1. The largest absolute Gasteiger partial charge is 0.371 e. The molecule has 0 aromatic heterocycles. The van der Waals surface area contributed by atoms with Crippen molar-refractivity contribution in [1.29, 1.82) is 0 Å². The van der Waals surface area contributed by atoms with Crippen LogP contribution in [0, 0.1) is 0 Å². The number of hydrogen-bond acceptors (Lipinski definition) is 3. The van der Waals surface area contributed by atoms with Crippen LogP contribution in [0.2, 0.25) is 0 Å². The Kier molecular flexibility index (Phi) is 15.4. The highest BCUT2D eigenvalue weighted by molar-refractivity contribution is 8.11. The standard InChI is InChI=1S/C14H26N2OS2/c17-13-15-11-9-7-5-3-1-2-4-6-8-10-12-16-14(18)19/h1-12H2,(H2,16,18,19). The van der Waals surface area contributed by atoms with E-state index in [2.05, 4.69) is 22.9 Å². The summed E-state index contributed by atoms with van der Waals surface area (Å²) < 4.78 is 0.596. The Morgan fingerprint density at radius 2 is 1.42 bits per heavy atom. The molecule has 0 bridgehead atoms. The molecule has 0 aliphatic rings. The molecule has 0 radical (unpaired) electrons. The maximum Gasteiger partial charge on any atom is 0.234 e. The quantitative estimate of drug-likeness (QED) is 0.177. The van der Waals surface area contributed by atoms with E-state index in [9.17, 15) is 4.79 Å². The zero-order chi connectivity index (χ0) is 14.2. The van der Waals surface area contributed by atoms with Crippen molar-refractivity contribution in [3.05, 3.63) is 0 Å². The van der Waals surface area contributed by atoms with Gasteiger partial charge in [0.05, 0.1) is 6.54 Å². The minimum atomic E-state index is 0.596. The van der Waals surface area contributed by atoms with Crippen LogP contribution in [0.25, 0.3) is 0 Å². The van der Waals surface area contributed by atoms with Gasteiger partial charge >= 0.3 is 0 Å². The number of rotatable bonds is 13. The van der Waals surface area contributed by atoms with Gasteiger partial charge in [-0.2, -0.15) is 0 Å². The van der Waals surface area contributed by atoms with Crippen molar-refractivity contribution in [2.75, 3.05) is 13.1 Å². The van der Waals surface area contributed by atoms with Crippen LogP contribution in [0.15, 0.2) is 4.99 Å². The van der Waals surface area contributed by atoms with Crippen LogP contribution in [-0.2, 0) is 4.79 Å². The lowest BCUT2D eigenvalue weighted by Crippen LogP contribution is -2.17. The van der Waals surface area contributed by atoms with Gasteiger partial charge in [-0.1, -0.05) is 63.6 Å². The van der Waals surface area contributed by atoms with E-state index >= 15 is 0 Å². The van der Waals surface area contributed by atoms with Crippen molar-refractivity contribution in [2.45, 2.75) is 64.2 Å². The molecule has 0 aliphatic heterocycles. The maximum atomic E-state index is 9.83. The Balaban J connectivity index is 2.99. The average molecular weight is 303 g/mol. The van der Waals surface area contributed by atoms with E-state index < -0.39 is 0 Å². The van der Waals surface area contributed by atoms with Crippen LogP contribution < -0.4 is 5.32 Å². The van der Waals surface area contributed by atoms with Gasteiger partial charge < -0.3 is 5.32 Å². The molecule has 19 heavy (non-hydrogen) atoms. The molecule has 3 nitrogen and oxygen atoms in total. The summed E-state index contributed by atoms with van der Waals surface area (Å²) in [7, 11) is 0. The summed E-state index contributed by atoms with van der Waals surface area (Å²) in [5.41, 5.74) is 0. The van der Waals surface area contributed by atoms with Crippen molar-refractivity contribution < 1.29 is 4.79 Å². The van der Waals surface area contributed by atoms with Crippen LogP contribution in [0.4, 0.5) is 0 Å². The Labute approximate surface area is 128 Å². The van der Waals surface area contributed by atoms with Gasteiger partial charge in [0.1, 0.15) is 4.32 Å². The predicted octanol–water partition coefficient (Wildman–Crippen LogP) is 4.03. The Hall–Kier alpha value is -0.380. The fourth-order valence-corrected chi connectivity index (χ4v) is 2.18. The van der Waals surface area contributed by atoms with Crippen LogP contribution in [0.3, 0.4) is 0 Å². The van der Waals surface area contributed by atoms with Gasteiger partial charge in [-0.05, 0) is 12.8 Å². The van der Waals surface area contributed by atoms with E-state index in [1.807, 2.05) is 0 Å². The van der Waals surface area contributed by atoms with E-state index in [0.717, 1.165) is 13.0 Å². The summed E-state index contributed by atoms with van der Waals surface area (Å²) in [6, 6.07) is 0. The van der Waals surface area contributed by atoms with Crippen LogP contribution in [0.5, 0.6) is 0 Å². The molecule has 5 heteroatoms. The minimum absolute atomic E-state index is 0.596. The number of isocyanates is 1. The van der Waals surface area contributed by atoms with E-state index in [-0.39, 0.29) is 0 Å². The Morgan fingerprint density at radius 1 is 0.947 bits per heavy atom. The molecular weight excluding hydrogens is 276 g/mol. The molecule has 0 aromatic rings. The number of aliphatic imine (C=N–C) groups is 1. The van der Waals surface area contributed by atoms with Gasteiger partial charge in [0.2, 0.25) is 6.08 Å². The van der Waals surface area contributed by atoms with Gasteiger partial charge in [0, 0.05) is 6.54 Å². The highest BCUT2D eigenvalue weighted by atomic mass is 32.1. The summed E-state index contributed by atoms with van der Waals surface area (Å²) in [4.78, 5) is 13.4. The molecule has 1 N–H and O–H groups in total. The van der Waals surface area contributed by atoms with Crippen LogP contribution in [-0.4, -0.2) is 23.5 Å². The molecule has 0 heterocycles. The van der Waals surface area contributed by atoms with Gasteiger partial charge in [0.25, 0.3) is 0 Å². The summed E-state index contributed by atoms with van der Waals surface area (Å²) in [5.74, 6) is 0. The highest BCUT2D eigenvalue weighted by Gasteiger charge is 1.93. The number of nitrogens with zero attached hydrogens (tertiary/aromatic N) is 1. The lowest BCUT2D eigenvalue weighted by Gasteiger charge is -2.03. The highest BCUT2D eigenvalue weighted by Crippen LogP contribution is 2.10. The Morgan fingerprint density at radius 3 is 1.89 bits per heavy atom. The monoisotopic (exact) mass is 302 g/mol. The fourth-order valence-electron chi connectivity index (χ4n) is 1.97. The molecule has 0 spiro atoms. The summed E-state index contributed by atoms with van der Waals surface area (Å²) in [6.07, 6.45) is 14.1. The number of nitrogens with one attached hydrogen (secondary N) is 1. The second-order valence-corrected chi connectivity index (χ2v) is 5.90. The van der Waals surface area contributed by atoms with Gasteiger partial charge in [0.15, 0.2) is 0 Å². The number of thiol groups is 1. The number of hydrogen-bond donors (Lipinski definition) is 2. The molecule has 0 saturated carbocycles. The topological polar surface area (TPSA) is 41.5 Å². The lowest BCUT2D eigenvalue weighted by molar-refractivity contribution is 0.548. The Bertz CT molecular complexity index is 254. The zero-order valence-corrected chi connectivity index (χ0v) is 13.4. The van der Waals surface area contributed by atoms with Crippen molar-refractivity contribution in [1.82, 2.24) is 5.32 Å². The first-order valence-electron chi connectivity index (χ1n) is 7.28. The number of carbonyl (C=O) groups excluding carboxylic acids is 1. The molecule has 0 fully saturated rings. The molecule has 0 aromatic carbocycles. The molecule has 0 amide bonds. The molecule has 0 rings (SSSR count). The zero-order valence-electron chi connectivity index (χ0n) is 11.7. The molecule has 0 atom stereocenters. The minimum Gasteiger partial charge on any atom is -0.371 e. The maximum absolute atomic E-state index is 9.83. The van der Waals surface area contributed by atoms with Crippen molar-refractivity contribution >= 4 is 35.2 Å². The van der Waals surface area contributed by atoms with Crippen molar-refractivity contribution in [3.8, 4) is 0 Å². The first-order chi connectivity index (χ1) is 9.27. The third-order valence-electron chi connectivity index (χ3n) is 3.04. The van der Waals surface area contributed by atoms with E-state index in [1.54, 1.807) is 6.08 Å².